The second-order valence-electron chi connectivity index (χ2n) is 3.80. The van der Waals surface area contributed by atoms with Gasteiger partial charge in [0.25, 0.3) is 11.7 Å². The van der Waals surface area contributed by atoms with Gasteiger partial charge in [-0.2, -0.15) is 5.26 Å². The summed E-state index contributed by atoms with van der Waals surface area (Å²) >= 11 is 0. The third-order valence-corrected chi connectivity index (χ3v) is 2.75. The minimum absolute atomic E-state index is 0.0815. The molecule has 0 unspecified atom stereocenters. The Kier molecular flexibility index (Phi) is 2.24. The van der Waals surface area contributed by atoms with Gasteiger partial charge < -0.3 is 0 Å². The topological polar surface area (TPSA) is 61.2 Å². The number of aryl methyl sites for hydroxylation is 2. The van der Waals surface area contributed by atoms with Crippen molar-refractivity contribution in [3.63, 3.8) is 0 Å². The molecular weight excluding hydrogens is 204 g/mol. The summed E-state index contributed by atoms with van der Waals surface area (Å²) < 4.78 is 0. The summed E-state index contributed by atoms with van der Waals surface area (Å²) in [7, 11) is 0. The molecular formula is C12H10N2O2. The number of nitrogens with zero attached hydrogens (tertiary/aromatic N) is 2. The molecule has 0 bridgehead atoms. The zero-order valence-electron chi connectivity index (χ0n) is 9.07. The SMILES string of the molecule is Cc1ccc(C)c2c1C(=O)C(=O)N2CC#N. The van der Waals surface area contributed by atoms with Crippen LogP contribution in [0.1, 0.15) is 21.5 Å². The Balaban J connectivity index is 2.70. The first-order valence-corrected chi connectivity index (χ1v) is 4.91. The second kappa shape index (κ2) is 3.46. The van der Waals surface area contributed by atoms with E-state index in [0.29, 0.717) is 11.3 Å². The largest absolute Gasteiger partial charge is 0.300 e. The quantitative estimate of drug-likeness (QED) is 0.523. The molecule has 80 valence electrons. The Bertz CT molecular complexity index is 541. The first kappa shape index (κ1) is 10.4. The second-order valence-corrected chi connectivity index (χ2v) is 3.80. The lowest BCUT2D eigenvalue weighted by atomic mass is 10.0. The van der Waals surface area contributed by atoms with E-state index < -0.39 is 11.7 Å². The molecule has 2 rings (SSSR count). The van der Waals surface area contributed by atoms with Crippen molar-refractivity contribution in [3.8, 4) is 6.07 Å². The van der Waals surface area contributed by atoms with Crippen molar-refractivity contribution in [2.45, 2.75) is 13.8 Å². The van der Waals surface area contributed by atoms with Crippen LogP contribution in [0.25, 0.3) is 0 Å². The third kappa shape index (κ3) is 1.22. The molecule has 0 spiro atoms. The van der Waals surface area contributed by atoms with Crippen molar-refractivity contribution < 1.29 is 9.59 Å². The lowest BCUT2D eigenvalue weighted by molar-refractivity contribution is -0.114. The number of hydrogen-bond donors (Lipinski definition) is 0. The zero-order valence-corrected chi connectivity index (χ0v) is 9.07. The van der Waals surface area contributed by atoms with Gasteiger partial charge in [-0.1, -0.05) is 12.1 Å². The number of hydrogen-bond acceptors (Lipinski definition) is 3. The number of fused-ring (bicyclic) bond motifs is 1. The van der Waals surface area contributed by atoms with Crippen LogP contribution in [0, 0.1) is 25.2 Å². The number of nitriles is 1. The van der Waals surface area contributed by atoms with Crippen LogP contribution in [0.2, 0.25) is 0 Å². The molecule has 16 heavy (non-hydrogen) atoms. The number of Topliss-reactive ketones (excluding diaryl/α,β-unsaturated/α-hetero) is 1. The summed E-state index contributed by atoms with van der Waals surface area (Å²) in [5, 5.41) is 8.66. The molecule has 0 radical (unpaired) electrons. The van der Waals surface area contributed by atoms with Crippen LogP contribution in [0.3, 0.4) is 0 Å². The fourth-order valence-electron chi connectivity index (χ4n) is 1.98. The van der Waals surface area contributed by atoms with Gasteiger partial charge in [0.2, 0.25) is 0 Å². The van der Waals surface area contributed by atoms with Crippen molar-refractivity contribution in [1.29, 1.82) is 5.26 Å². The van der Waals surface area contributed by atoms with E-state index in [-0.39, 0.29) is 6.54 Å². The number of amides is 1. The molecule has 0 saturated carbocycles. The first-order valence-electron chi connectivity index (χ1n) is 4.91. The number of anilines is 1. The maximum atomic E-state index is 11.8. The fourth-order valence-corrected chi connectivity index (χ4v) is 1.98. The molecule has 4 nitrogen and oxygen atoms in total. The fraction of sp³-hybridized carbons (Fsp3) is 0.250. The smallest absolute Gasteiger partial charge is 0.291 e. The first-order chi connectivity index (χ1) is 7.57. The number of carbonyl (C=O) groups is 2. The van der Waals surface area contributed by atoms with E-state index in [1.807, 2.05) is 25.1 Å². The average molecular weight is 214 g/mol. The summed E-state index contributed by atoms with van der Waals surface area (Å²) in [5.41, 5.74) is 2.66. The van der Waals surface area contributed by atoms with Crippen molar-refractivity contribution >= 4 is 17.4 Å². The average Bonchev–Trinajstić information content (AvgIpc) is 2.50. The van der Waals surface area contributed by atoms with Crippen LogP contribution >= 0.6 is 0 Å². The lowest BCUT2D eigenvalue weighted by Gasteiger charge is -2.14. The van der Waals surface area contributed by atoms with Gasteiger partial charge in [0.15, 0.2) is 0 Å². The number of carbonyl (C=O) groups excluding carboxylic acids is 2. The summed E-state index contributed by atoms with van der Waals surface area (Å²) in [6.07, 6.45) is 0. The highest BCUT2D eigenvalue weighted by molar-refractivity contribution is 6.52. The molecule has 4 heteroatoms. The van der Waals surface area contributed by atoms with E-state index in [4.69, 9.17) is 5.26 Å². The van der Waals surface area contributed by atoms with Gasteiger partial charge >= 0.3 is 0 Å². The van der Waals surface area contributed by atoms with Crippen LogP contribution in [-0.2, 0) is 4.79 Å². The van der Waals surface area contributed by atoms with E-state index in [1.165, 1.54) is 4.90 Å². The van der Waals surface area contributed by atoms with Gasteiger partial charge in [-0.05, 0) is 25.0 Å². The van der Waals surface area contributed by atoms with Gasteiger partial charge in [-0.3, -0.25) is 14.5 Å². The van der Waals surface area contributed by atoms with E-state index in [0.717, 1.165) is 11.1 Å². The third-order valence-electron chi connectivity index (χ3n) is 2.75. The van der Waals surface area contributed by atoms with Gasteiger partial charge in [-0.15, -0.1) is 0 Å². The maximum absolute atomic E-state index is 11.8. The molecule has 0 atom stereocenters. The Labute approximate surface area is 93.1 Å². The summed E-state index contributed by atoms with van der Waals surface area (Å²) in [6.45, 7) is 3.54. The van der Waals surface area contributed by atoms with Gasteiger partial charge in [-0.25, -0.2) is 0 Å². The maximum Gasteiger partial charge on any atom is 0.300 e. The van der Waals surface area contributed by atoms with E-state index >= 15 is 0 Å². The highest BCUT2D eigenvalue weighted by Crippen LogP contribution is 2.34. The molecule has 1 heterocycles. The zero-order chi connectivity index (χ0) is 11.9. The Morgan fingerprint density at radius 1 is 1.25 bits per heavy atom. The van der Waals surface area contributed by atoms with Crippen LogP contribution in [0.15, 0.2) is 12.1 Å². The summed E-state index contributed by atoms with van der Waals surface area (Å²) in [4.78, 5) is 24.7. The molecule has 1 amide bonds. The van der Waals surface area contributed by atoms with Crippen molar-refractivity contribution in [2.75, 3.05) is 11.4 Å². The molecule has 1 aromatic rings. The molecule has 0 saturated heterocycles. The molecule has 1 aliphatic heterocycles. The lowest BCUT2D eigenvalue weighted by Crippen LogP contribution is -2.30. The van der Waals surface area contributed by atoms with E-state index in [9.17, 15) is 9.59 Å². The standard InChI is InChI=1S/C12H10N2O2/c1-7-3-4-8(2)10-9(7)11(15)12(16)14(10)6-5-13/h3-4H,6H2,1-2H3. The van der Waals surface area contributed by atoms with Gasteiger partial charge in [0.05, 0.1) is 17.3 Å². The van der Waals surface area contributed by atoms with Gasteiger partial charge in [0.1, 0.15) is 6.54 Å². The monoisotopic (exact) mass is 214 g/mol. The van der Waals surface area contributed by atoms with E-state index in [1.54, 1.807) is 6.92 Å². The Morgan fingerprint density at radius 2 is 1.88 bits per heavy atom. The summed E-state index contributed by atoms with van der Waals surface area (Å²) in [5.74, 6) is -1.11. The van der Waals surface area contributed by atoms with Crippen LogP contribution in [-0.4, -0.2) is 18.2 Å². The molecule has 0 aliphatic carbocycles. The van der Waals surface area contributed by atoms with Crippen LogP contribution in [0.4, 0.5) is 5.69 Å². The van der Waals surface area contributed by atoms with Crippen molar-refractivity contribution in [2.24, 2.45) is 0 Å². The van der Waals surface area contributed by atoms with Crippen molar-refractivity contribution in [1.82, 2.24) is 0 Å². The van der Waals surface area contributed by atoms with Crippen LogP contribution < -0.4 is 4.90 Å². The molecule has 0 fully saturated rings. The highest BCUT2D eigenvalue weighted by atomic mass is 16.2. The number of rotatable bonds is 1. The Hall–Kier alpha value is -2.15. The van der Waals surface area contributed by atoms with Gasteiger partial charge in [0, 0.05) is 0 Å². The van der Waals surface area contributed by atoms with E-state index in [2.05, 4.69) is 0 Å². The normalized spacial score (nSPS) is 13.9. The predicted molar refractivity (Wildman–Crippen MR) is 58.2 cm³/mol. The predicted octanol–water partition coefficient (Wildman–Crippen LogP) is 1.36. The minimum atomic E-state index is -0.603. The minimum Gasteiger partial charge on any atom is -0.291 e. The number of ketones is 1. The molecule has 0 aromatic heterocycles. The molecule has 1 aliphatic rings. The Morgan fingerprint density at radius 3 is 2.50 bits per heavy atom. The molecule has 1 aromatic carbocycles. The van der Waals surface area contributed by atoms with Crippen molar-refractivity contribution in [3.05, 3.63) is 28.8 Å². The highest BCUT2D eigenvalue weighted by Gasteiger charge is 2.37. The van der Waals surface area contributed by atoms with Crippen LogP contribution in [0.5, 0.6) is 0 Å². The number of benzene rings is 1. The summed E-state index contributed by atoms with van der Waals surface area (Å²) in [6, 6.07) is 5.57. The molecule has 0 N–H and O–H groups in total.